The van der Waals surface area contributed by atoms with E-state index >= 15 is 0 Å². The lowest BCUT2D eigenvalue weighted by Crippen LogP contribution is -2.40. The van der Waals surface area contributed by atoms with Gasteiger partial charge in [-0.2, -0.15) is 11.8 Å². The van der Waals surface area contributed by atoms with Gasteiger partial charge in [0.25, 0.3) is 0 Å². The molecule has 1 aliphatic heterocycles. The van der Waals surface area contributed by atoms with Gasteiger partial charge in [-0.05, 0) is 24.6 Å². The van der Waals surface area contributed by atoms with Crippen LogP contribution in [0.1, 0.15) is 32.4 Å². The SMILES string of the molecule is CC1CN(c2cc(C(C)N)ccn2)CC(C)S1. The van der Waals surface area contributed by atoms with Gasteiger partial charge in [0.05, 0.1) is 0 Å². The Morgan fingerprint density at radius 2 is 2.06 bits per heavy atom. The van der Waals surface area contributed by atoms with E-state index in [1.165, 1.54) is 0 Å². The van der Waals surface area contributed by atoms with Gasteiger partial charge in [0.15, 0.2) is 0 Å². The number of anilines is 1. The minimum atomic E-state index is 0.0748. The summed E-state index contributed by atoms with van der Waals surface area (Å²) in [5, 5.41) is 1.33. The molecular weight excluding hydrogens is 230 g/mol. The molecule has 3 nitrogen and oxygen atoms in total. The van der Waals surface area contributed by atoms with E-state index in [4.69, 9.17) is 5.73 Å². The minimum absolute atomic E-state index is 0.0748. The van der Waals surface area contributed by atoms with Crippen LogP contribution in [0.5, 0.6) is 0 Å². The van der Waals surface area contributed by atoms with Gasteiger partial charge in [-0.1, -0.05) is 13.8 Å². The van der Waals surface area contributed by atoms with Crippen molar-refractivity contribution in [1.82, 2.24) is 4.98 Å². The maximum absolute atomic E-state index is 5.92. The molecule has 1 saturated heterocycles. The topological polar surface area (TPSA) is 42.1 Å². The number of nitrogens with zero attached hydrogens (tertiary/aromatic N) is 2. The lowest BCUT2D eigenvalue weighted by atomic mass is 10.1. The summed E-state index contributed by atoms with van der Waals surface area (Å²) in [6.45, 7) is 8.72. The maximum Gasteiger partial charge on any atom is 0.128 e. The second-order valence-electron chi connectivity index (χ2n) is 4.90. The van der Waals surface area contributed by atoms with Gasteiger partial charge in [0, 0.05) is 35.8 Å². The van der Waals surface area contributed by atoms with E-state index in [0.29, 0.717) is 10.5 Å². The third kappa shape index (κ3) is 3.13. The van der Waals surface area contributed by atoms with E-state index in [1.807, 2.05) is 19.2 Å². The number of hydrogen-bond donors (Lipinski definition) is 1. The van der Waals surface area contributed by atoms with Crippen molar-refractivity contribution in [2.75, 3.05) is 18.0 Å². The Balaban J connectivity index is 2.18. The monoisotopic (exact) mass is 251 g/mol. The molecule has 0 aromatic carbocycles. The third-order valence-electron chi connectivity index (χ3n) is 3.04. The van der Waals surface area contributed by atoms with Crippen LogP contribution in [0.4, 0.5) is 5.82 Å². The first-order valence-corrected chi connectivity index (χ1v) is 7.12. The number of thioether (sulfide) groups is 1. The number of pyridine rings is 1. The van der Waals surface area contributed by atoms with E-state index in [2.05, 4.69) is 41.6 Å². The molecule has 1 aromatic rings. The summed E-state index contributed by atoms with van der Waals surface area (Å²) < 4.78 is 0. The van der Waals surface area contributed by atoms with E-state index in [-0.39, 0.29) is 6.04 Å². The zero-order chi connectivity index (χ0) is 12.4. The summed E-state index contributed by atoms with van der Waals surface area (Å²) in [6, 6.07) is 4.20. The lowest BCUT2D eigenvalue weighted by molar-refractivity contribution is 0.715. The Morgan fingerprint density at radius 3 is 2.65 bits per heavy atom. The van der Waals surface area contributed by atoms with Gasteiger partial charge in [0.2, 0.25) is 0 Å². The van der Waals surface area contributed by atoms with Crippen molar-refractivity contribution in [3.8, 4) is 0 Å². The normalized spacial score (nSPS) is 26.9. The van der Waals surface area contributed by atoms with Crippen molar-refractivity contribution in [2.45, 2.75) is 37.3 Å². The van der Waals surface area contributed by atoms with Crippen LogP contribution in [-0.2, 0) is 0 Å². The van der Waals surface area contributed by atoms with Crippen LogP contribution in [0.2, 0.25) is 0 Å². The molecule has 0 saturated carbocycles. The zero-order valence-electron chi connectivity index (χ0n) is 10.8. The highest BCUT2D eigenvalue weighted by Crippen LogP contribution is 2.28. The van der Waals surface area contributed by atoms with E-state index < -0.39 is 0 Å². The van der Waals surface area contributed by atoms with Crippen LogP contribution < -0.4 is 10.6 Å². The van der Waals surface area contributed by atoms with Crippen LogP contribution in [0.3, 0.4) is 0 Å². The minimum Gasteiger partial charge on any atom is -0.354 e. The molecule has 4 heteroatoms. The van der Waals surface area contributed by atoms with Gasteiger partial charge in [-0.25, -0.2) is 4.98 Å². The molecule has 2 N–H and O–H groups in total. The summed E-state index contributed by atoms with van der Waals surface area (Å²) in [4.78, 5) is 6.85. The Hall–Kier alpha value is -0.740. The van der Waals surface area contributed by atoms with Crippen molar-refractivity contribution >= 4 is 17.6 Å². The fraction of sp³-hybridized carbons (Fsp3) is 0.615. The van der Waals surface area contributed by atoms with Gasteiger partial charge >= 0.3 is 0 Å². The van der Waals surface area contributed by atoms with Crippen LogP contribution in [0.25, 0.3) is 0 Å². The average molecular weight is 251 g/mol. The van der Waals surface area contributed by atoms with Crippen molar-refractivity contribution < 1.29 is 0 Å². The van der Waals surface area contributed by atoms with E-state index in [0.717, 1.165) is 24.5 Å². The number of rotatable bonds is 2. The number of aromatic nitrogens is 1. The van der Waals surface area contributed by atoms with Crippen molar-refractivity contribution in [2.24, 2.45) is 5.73 Å². The van der Waals surface area contributed by atoms with E-state index in [1.54, 1.807) is 0 Å². The molecule has 94 valence electrons. The highest BCUT2D eigenvalue weighted by molar-refractivity contribution is 8.00. The second kappa shape index (κ2) is 5.27. The quantitative estimate of drug-likeness (QED) is 0.876. The highest BCUT2D eigenvalue weighted by Gasteiger charge is 2.23. The average Bonchev–Trinajstić information content (AvgIpc) is 2.28. The lowest BCUT2D eigenvalue weighted by Gasteiger charge is -2.35. The Morgan fingerprint density at radius 1 is 1.41 bits per heavy atom. The molecule has 1 aromatic heterocycles. The molecule has 1 aliphatic rings. The fourth-order valence-electron chi connectivity index (χ4n) is 2.26. The standard InChI is InChI=1S/C13H21N3S/c1-9-7-16(8-10(2)17-9)13-6-12(11(3)14)4-5-15-13/h4-6,9-11H,7-8,14H2,1-3H3. The zero-order valence-corrected chi connectivity index (χ0v) is 11.6. The van der Waals surface area contributed by atoms with Crippen molar-refractivity contribution in [3.05, 3.63) is 23.9 Å². The van der Waals surface area contributed by atoms with Gasteiger partial charge < -0.3 is 10.6 Å². The number of hydrogen-bond acceptors (Lipinski definition) is 4. The second-order valence-corrected chi connectivity index (χ2v) is 6.78. The Labute approximate surface area is 108 Å². The van der Waals surface area contributed by atoms with Crippen molar-refractivity contribution in [3.63, 3.8) is 0 Å². The first-order valence-electron chi connectivity index (χ1n) is 6.18. The molecule has 0 bridgehead atoms. The first-order chi connectivity index (χ1) is 8.06. The molecule has 0 aliphatic carbocycles. The molecule has 2 heterocycles. The molecule has 0 amide bonds. The Kier molecular flexibility index (Phi) is 3.94. The molecular formula is C13H21N3S. The number of nitrogens with two attached hydrogens (primary N) is 1. The maximum atomic E-state index is 5.92. The fourth-order valence-corrected chi connectivity index (χ4v) is 3.58. The predicted octanol–water partition coefficient (Wildman–Crippen LogP) is 2.43. The molecule has 1 fully saturated rings. The van der Waals surface area contributed by atoms with Crippen LogP contribution in [0.15, 0.2) is 18.3 Å². The highest BCUT2D eigenvalue weighted by atomic mass is 32.2. The first kappa shape index (κ1) is 12.7. The summed E-state index contributed by atoms with van der Waals surface area (Å²) in [5.41, 5.74) is 7.08. The van der Waals surface area contributed by atoms with Crippen LogP contribution in [-0.4, -0.2) is 28.6 Å². The largest absolute Gasteiger partial charge is 0.354 e. The summed E-state index contributed by atoms with van der Waals surface area (Å²) in [6.07, 6.45) is 1.87. The van der Waals surface area contributed by atoms with Gasteiger partial charge in [-0.3, -0.25) is 0 Å². The summed E-state index contributed by atoms with van der Waals surface area (Å²) in [5.74, 6) is 1.07. The summed E-state index contributed by atoms with van der Waals surface area (Å²) in [7, 11) is 0. The van der Waals surface area contributed by atoms with Gasteiger partial charge in [-0.15, -0.1) is 0 Å². The van der Waals surface area contributed by atoms with Crippen molar-refractivity contribution in [1.29, 1.82) is 0 Å². The third-order valence-corrected chi connectivity index (χ3v) is 4.27. The molecule has 2 rings (SSSR count). The van der Waals surface area contributed by atoms with E-state index in [9.17, 15) is 0 Å². The predicted molar refractivity (Wildman–Crippen MR) is 75.6 cm³/mol. The molecule has 3 unspecified atom stereocenters. The van der Waals surface area contributed by atoms with Crippen LogP contribution >= 0.6 is 11.8 Å². The smallest absolute Gasteiger partial charge is 0.128 e. The summed E-state index contributed by atoms with van der Waals surface area (Å²) >= 11 is 2.06. The molecule has 17 heavy (non-hydrogen) atoms. The Bertz CT molecular complexity index is 371. The van der Waals surface area contributed by atoms with Gasteiger partial charge in [0.1, 0.15) is 5.82 Å². The molecule has 0 spiro atoms. The van der Waals surface area contributed by atoms with Crippen LogP contribution in [0, 0.1) is 0 Å². The molecule has 0 radical (unpaired) electrons. The molecule has 3 atom stereocenters.